The monoisotopic (exact) mass is 218 g/mol. The molecular weight excluding hydrogens is 196 g/mol. The van der Waals surface area contributed by atoms with Crippen molar-refractivity contribution in [1.82, 2.24) is 10.2 Å². The molecule has 1 rings (SSSR count). The molecule has 5 nitrogen and oxygen atoms in total. The van der Waals surface area contributed by atoms with Crippen LogP contribution in [0.15, 0.2) is 0 Å². The van der Waals surface area contributed by atoms with Crippen LogP contribution < -0.4 is 5.32 Å². The van der Waals surface area contributed by atoms with Crippen molar-refractivity contribution in [2.75, 3.05) is 65.8 Å². The number of ether oxygens (including phenoxy) is 2. The number of rotatable bonds is 8. The van der Waals surface area contributed by atoms with Crippen molar-refractivity contribution in [3.8, 4) is 0 Å². The zero-order valence-corrected chi connectivity index (χ0v) is 9.28. The van der Waals surface area contributed by atoms with Crippen LogP contribution >= 0.6 is 0 Å². The van der Waals surface area contributed by atoms with Crippen LogP contribution in [0.4, 0.5) is 0 Å². The van der Waals surface area contributed by atoms with Gasteiger partial charge in [0.2, 0.25) is 0 Å². The number of hydrogen-bond donors (Lipinski definition) is 2. The molecule has 1 heterocycles. The maximum Gasteiger partial charge on any atom is 0.0698 e. The molecule has 1 saturated heterocycles. The first-order valence-electron chi connectivity index (χ1n) is 5.63. The van der Waals surface area contributed by atoms with Crippen molar-refractivity contribution in [1.29, 1.82) is 0 Å². The zero-order valence-electron chi connectivity index (χ0n) is 9.28. The van der Waals surface area contributed by atoms with Gasteiger partial charge in [-0.25, -0.2) is 0 Å². The lowest BCUT2D eigenvalue weighted by molar-refractivity contribution is 0.0380. The van der Waals surface area contributed by atoms with Crippen LogP contribution in [0, 0.1) is 0 Å². The fourth-order valence-electron chi connectivity index (χ4n) is 1.50. The molecule has 0 spiro atoms. The molecule has 90 valence electrons. The molecule has 0 aromatic carbocycles. The smallest absolute Gasteiger partial charge is 0.0698 e. The van der Waals surface area contributed by atoms with Gasteiger partial charge in [-0.2, -0.15) is 0 Å². The average Bonchev–Trinajstić information content (AvgIpc) is 2.29. The highest BCUT2D eigenvalue weighted by Gasteiger charge is 2.08. The Morgan fingerprint density at radius 1 is 1.20 bits per heavy atom. The van der Waals surface area contributed by atoms with Gasteiger partial charge in [0.15, 0.2) is 0 Å². The molecule has 0 atom stereocenters. The van der Waals surface area contributed by atoms with Gasteiger partial charge in [-0.05, 0) is 0 Å². The molecular formula is C10H22N2O3. The van der Waals surface area contributed by atoms with Gasteiger partial charge in [-0.15, -0.1) is 0 Å². The first-order valence-corrected chi connectivity index (χ1v) is 5.63. The lowest BCUT2D eigenvalue weighted by Gasteiger charge is -2.26. The van der Waals surface area contributed by atoms with Gasteiger partial charge in [-0.3, -0.25) is 4.90 Å². The highest BCUT2D eigenvalue weighted by Crippen LogP contribution is 1.94. The number of morpholine rings is 1. The molecule has 0 bridgehead atoms. The number of hydrogen-bond acceptors (Lipinski definition) is 5. The van der Waals surface area contributed by atoms with Crippen molar-refractivity contribution < 1.29 is 14.6 Å². The van der Waals surface area contributed by atoms with Gasteiger partial charge in [-0.1, -0.05) is 0 Å². The molecule has 5 heteroatoms. The van der Waals surface area contributed by atoms with Crippen molar-refractivity contribution in [3.63, 3.8) is 0 Å². The number of nitrogens with one attached hydrogen (secondary N) is 1. The van der Waals surface area contributed by atoms with E-state index in [-0.39, 0.29) is 6.61 Å². The van der Waals surface area contributed by atoms with E-state index in [1.807, 2.05) is 0 Å². The second-order valence-corrected chi connectivity index (χ2v) is 3.54. The number of aliphatic hydroxyl groups excluding tert-OH is 1. The topological polar surface area (TPSA) is 54.0 Å². The third kappa shape index (κ3) is 6.81. The van der Waals surface area contributed by atoms with Gasteiger partial charge in [0.25, 0.3) is 0 Å². The van der Waals surface area contributed by atoms with Crippen molar-refractivity contribution in [2.24, 2.45) is 0 Å². The van der Waals surface area contributed by atoms with Crippen LogP contribution in [0.25, 0.3) is 0 Å². The van der Waals surface area contributed by atoms with Crippen molar-refractivity contribution in [3.05, 3.63) is 0 Å². The van der Waals surface area contributed by atoms with Gasteiger partial charge in [0.1, 0.15) is 0 Å². The fourth-order valence-corrected chi connectivity index (χ4v) is 1.50. The summed E-state index contributed by atoms with van der Waals surface area (Å²) in [5, 5.41) is 11.8. The molecule has 1 fully saturated rings. The zero-order chi connectivity index (χ0) is 10.8. The summed E-state index contributed by atoms with van der Waals surface area (Å²) < 4.78 is 10.4. The number of nitrogens with zero attached hydrogens (tertiary/aromatic N) is 1. The average molecular weight is 218 g/mol. The first kappa shape index (κ1) is 12.9. The molecule has 0 unspecified atom stereocenters. The van der Waals surface area contributed by atoms with E-state index in [1.54, 1.807) is 0 Å². The molecule has 0 aliphatic carbocycles. The van der Waals surface area contributed by atoms with Crippen LogP contribution in [0.1, 0.15) is 0 Å². The van der Waals surface area contributed by atoms with Gasteiger partial charge in [0.05, 0.1) is 33.0 Å². The van der Waals surface area contributed by atoms with Crippen LogP contribution in [-0.2, 0) is 9.47 Å². The minimum Gasteiger partial charge on any atom is -0.394 e. The lowest BCUT2D eigenvalue weighted by atomic mass is 10.4. The van der Waals surface area contributed by atoms with E-state index in [1.165, 1.54) is 0 Å². The SMILES string of the molecule is OCCOCCNCCN1CCOCC1. The Morgan fingerprint density at radius 3 is 2.73 bits per heavy atom. The summed E-state index contributed by atoms with van der Waals surface area (Å²) in [6.45, 7) is 7.93. The second kappa shape index (κ2) is 9.06. The van der Waals surface area contributed by atoms with Crippen LogP contribution in [-0.4, -0.2) is 75.8 Å². The summed E-state index contributed by atoms with van der Waals surface area (Å²) in [6, 6.07) is 0. The third-order valence-corrected chi connectivity index (χ3v) is 2.37. The van der Waals surface area contributed by atoms with Crippen molar-refractivity contribution >= 4 is 0 Å². The van der Waals surface area contributed by atoms with E-state index >= 15 is 0 Å². The summed E-state index contributed by atoms with van der Waals surface area (Å²) in [6.07, 6.45) is 0. The Labute approximate surface area is 91.3 Å². The van der Waals surface area contributed by atoms with Gasteiger partial charge >= 0.3 is 0 Å². The molecule has 1 aliphatic heterocycles. The Hall–Kier alpha value is -0.200. The first-order chi connectivity index (χ1) is 7.43. The standard InChI is InChI=1S/C10H22N2O3/c13-6-10-14-7-2-11-1-3-12-4-8-15-9-5-12/h11,13H,1-10H2. The molecule has 0 aromatic rings. The van der Waals surface area contributed by atoms with E-state index in [4.69, 9.17) is 14.6 Å². The van der Waals surface area contributed by atoms with E-state index in [2.05, 4.69) is 10.2 Å². The van der Waals surface area contributed by atoms with Gasteiger partial charge in [0, 0.05) is 32.7 Å². The molecule has 1 aliphatic rings. The minimum absolute atomic E-state index is 0.105. The summed E-state index contributed by atoms with van der Waals surface area (Å²) in [7, 11) is 0. The predicted octanol–water partition coefficient (Wildman–Crippen LogP) is -1.08. The van der Waals surface area contributed by atoms with E-state index in [0.717, 1.165) is 45.9 Å². The Morgan fingerprint density at radius 2 is 2.00 bits per heavy atom. The second-order valence-electron chi connectivity index (χ2n) is 3.54. The van der Waals surface area contributed by atoms with E-state index in [0.29, 0.717) is 13.2 Å². The highest BCUT2D eigenvalue weighted by atomic mass is 16.5. The van der Waals surface area contributed by atoms with Crippen LogP contribution in [0.3, 0.4) is 0 Å². The summed E-state index contributed by atoms with van der Waals surface area (Å²) in [5.74, 6) is 0. The molecule has 0 saturated carbocycles. The fraction of sp³-hybridized carbons (Fsp3) is 1.00. The van der Waals surface area contributed by atoms with E-state index < -0.39 is 0 Å². The molecule has 15 heavy (non-hydrogen) atoms. The Bertz CT molecular complexity index is 141. The summed E-state index contributed by atoms with van der Waals surface area (Å²) >= 11 is 0. The minimum atomic E-state index is 0.105. The van der Waals surface area contributed by atoms with Crippen LogP contribution in [0.5, 0.6) is 0 Å². The van der Waals surface area contributed by atoms with Gasteiger partial charge < -0.3 is 19.9 Å². The Balaban J connectivity index is 1.79. The normalized spacial score (nSPS) is 18.2. The lowest BCUT2D eigenvalue weighted by Crippen LogP contribution is -2.40. The van der Waals surface area contributed by atoms with Crippen LogP contribution in [0.2, 0.25) is 0 Å². The maximum atomic E-state index is 8.48. The highest BCUT2D eigenvalue weighted by molar-refractivity contribution is 4.62. The molecule has 0 aromatic heterocycles. The molecule has 0 radical (unpaired) electrons. The maximum absolute atomic E-state index is 8.48. The van der Waals surface area contributed by atoms with Crippen molar-refractivity contribution in [2.45, 2.75) is 0 Å². The molecule has 0 amide bonds. The molecule has 2 N–H and O–H groups in total. The summed E-state index contributed by atoms with van der Waals surface area (Å²) in [5.41, 5.74) is 0. The quantitative estimate of drug-likeness (QED) is 0.507. The Kier molecular flexibility index (Phi) is 7.77. The number of aliphatic hydroxyl groups is 1. The predicted molar refractivity (Wildman–Crippen MR) is 58.0 cm³/mol. The largest absolute Gasteiger partial charge is 0.394 e. The third-order valence-electron chi connectivity index (χ3n) is 2.37. The van der Waals surface area contributed by atoms with E-state index in [9.17, 15) is 0 Å². The summed E-state index contributed by atoms with van der Waals surface area (Å²) in [4.78, 5) is 2.39.